The zero-order valence-electron chi connectivity index (χ0n) is 16.7. The average Bonchev–Trinajstić information content (AvgIpc) is 3.13. The fourth-order valence-corrected chi connectivity index (χ4v) is 3.40. The number of nitrogens with one attached hydrogen (secondary N) is 1. The molecular weight excluding hydrogens is 413 g/mol. The average molecular weight is 434 g/mol. The fraction of sp³-hybridized carbons (Fsp3) is 0.318. The first-order chi connectivity index (χ1) is 14.6. The summed E-state index contributed by atoms with van der Waals surface area (Å²) in [6.45, 7) is 1.38. The zero-order valence-corrected chi connectivity index (χ0v) is 16.7. The van der Waals surface area contributed by atoms with Crippen molar-refractivity contribution in [3.63, 3.8) is 0 Å². The van der Waals surface area contributed by atoms with Crippen molar-refractivity contribution in [2.75, 3.05) is 18.5 Å². The van der Waals surface area contributed by atoms with Gasteiger partial charge in [-0.05, 0) is 30.7 Å². The number of halogens is 3. The molecule has 2 atom stereocenters. The van der Waals surface area contributed by atoms with E-state index in [1.807, 2.05) is 37.3 Å². The van der Waals surface area contributed by atoms with Crippen molar-refractivity contribution < 1.29 is 32.3 Å². The number of likely N-dealkylation sites (tertiary alicyclic amines) is 1. The highest BCUT2D eigenvalue weighted by molar-refractivity contribution is 5.93. The molecule has 0 aliphatic carbocycles. The van der Waals surface area contributed by atoms with Gasteiger partial charge in [0.2, 0.25) is 5.91 Å². The molecule has 3 rings (SSSR count). The third-order valence-corrected chi connectivity index (χ3v) is 5.06. The summed E-state index contributed by atoms with van der Waals surface area (Å²) >= 11 is 0. The maximum absolute atomic E-state index is 12.7. The molecule has 2 aromatic carbocycles. The molecule has 1 saturated heterocycles. The van der Waals surface area contributed by atoms with Crippen molar-refractivity contribution in [1.82, 2.24) is 4.90 Å². The minimum Gasteiger partial charge on any atom is -0.455 e. The van der Waals surface area contributed by atoms with Crippen LogP contribution in [0.25, 0.3) is 0 Å². The van der Waals surface area contributed by atoms with Gasteiger partial charge in [-0.15, -0.1) is 0 Å². The minimum absolute atomic E-state index is 0.0226. The first-order valence-corrected chi connectivity index (χ1v) is 9.63. The number of benzene rings is 2. The highest BCUT2D eigenvalue weighted by Crippen LogP contribution is 2.31. The van der Waals surface area contributed by atoms with Crippen molar-refractivity contribution in [2.24, 2.45) is 5.92 Å². The molecule has 1 heterocycles. The van der Waals surface area contributed by atoms with Crippen LogP contribution in [0.2, 0.25) is 0 Å². The molecular formula is C22H21F3N2O4. The Morgan fingerprint density at radius 1 is 1.16 bits per heavy atom. The smallest absolute Gasteiger partial charge is 0.416 e. The van der Waals surface area contributed by atoms with E-state index in [0.717, 1.165) is 23.8 Å². The molecule has 0 radical (unpaired) electrons. The third-order valence-electron chi connectivity index (χ3n) is 5.06. The summed E-state index contributed by atoms with van der Waals surface area (Å²) < 4.78 is 43.2. The van der Waals surface area contributed by atoms with Gasteiger partial charge in [-0.3, -0.25) is 14.4 Å². The van der Waals surface area contributed by atoms with Crippen LogP contribution in [0.1, 0.15) is 30.5 Å². The number of carbonyl (C=O) groups is 3. The molecule has 9 heteroatoms. The Hall–Kier alpha value is -3.36. The molecule has 6 nitrogen and oxygen atoms in total. The Kier molecular flexibility index (Phi) is 6.62. The number of amides is 2. The molecule has 0 bridgehead atoms. The van der Waals surface area contributed by atoms with Crippen LogP contribution in [0.4, 0.5) is 18.9 Å². The monoisotopic (exact) mass is 434 g/mol. The van der Waals surface area contributed by atoms with Crippen molar-refractivity contribution in [1.29, 1.82) is 0 Å². The summed E-state index contributed by atoms with van der Waals surface area (Å²) in [5.74, 6) is -2.37. The molecule has 1 N–H and O–H groups in total. The third kappa shape index (κ3) is 5.62. The molecule has 0 saturated carbocycles. The highest BCUT2D eigenvalue weighted by Gasteiger charge is 2.38. The number of hydrogen-bond acceptors (Lipinski definition) is 4. The highest BCUT2D eigenvalue weighted by atomic mass is 19.4. The van der Waals surface area contributed by atoms with Crippen LogP contribution < -0.4 is 5.32 Å². The van der Waals surface area contributed by atoms with Crippen LogP contribution in [-0.2, 0) is 25.3 Å². The lowest BCUT2D eigenvalue weighted by Gasteiger charge is -2.25. The van der Waals surface area contributed by atoms with Gasteiger partial charge in [0, 0.05) is 18.7 Å². The van der Waals surface area contributed by atoms with E-state index in [9.17, 15) is 27.6 Å². The van der Waals surface area contributed by atoms with Gasteiger partial charge in [-0.25, -0.2) is 0 Å². The van der Waals surface area contributed by atoms with E-state index in [0.29, 0.717) is 0 Å². The number of anilines is 1. The van der Waals surface area contributed by atoms with E-state index in [-0.39, 0.29) is 30.6 Å². The number of esters is 1. The standard InChI is InChI=1S/C22H21F3N2O4/c1-14(15-6-3-2-4-7-15)27-12-16(10-20(27)29)21(30)31-13-19(28)26-18-9-5-8-17(11-18)22(23,24)25/h2-9,11,14,16H,10,12-13H2,1H3,(H,26,28)/t14-,16+/m1/s1. The number of rotatable bonds is 6. The number of ether oxygens (including phenoxy) is 1. The molecule has 1 fully saturated rings. The number of hydrogen-bond donors (Lipinski definition) is 1. The second-order valence-corrected chi connectivity index (χ2v) is 7.27. The molecule has 0 unspecified atom stereocenters. The van der Waals surface area contributed by atoms with Gasteiger partial charge in [0.25, 0.3) is 5.91 Å². The molecule has 1 aliphatic rings. The van der Waals surface area contributed by atoms with Crippen molar-refractivity contribution in [2.45, 2.75) is 25.6 Å². The molecule has 164 valence electrons. The quantitative estimate of drug-likeness (QED) is 0.702. The maximum atomic E-state index is 12.7. The largest absolute Gasteiger partial charge is 0.455 e. The van der Waals surface area contributed by atoms with Crippen LogP contribution in [-0.4, -0.2) is 35.8 Å². The van der Waals surface area contributed by atoms with Gasteiger partial charge in [-0.2, -0.15) is 13.2 Å². The van der Waals surface area contributed by atoms with Crippen LogP contribution in [0.5, 0.6) is 0 Å². The summed E-state index contributed by atoms with van der Waals surface area (Å²) in [7, 11) is 0. The molecule has 1 aliphatic heterocycles. The van der Waals surface area contributed by atoms with E-state index in [1.54, 1.807) is 4.90 Å². The van der Waals surface area contributed by atoms with Crippen LogP contribution >= 0.6 is 0 Å². The van der Waals surface area contributed by atoms with Crippen LogP contribution in [0.3, 0.4) is 0 Å². The van der Waals surface area contributed by atoms with Crippen molar-refractivity contribution >= 4 is 23.5 Å². The van der Waals surface area contributed by atoms with E-state index >= 15 is 0 Å². The predicted molar refractivity (Wildman–Crippen MR) is 106 cm³/mol. The number of nitrogens with zero attached hydrogens (tertiary/aromatic N) is 1. The minimum atomic E-state index is -4.54. The van der Waals surface area contributed by atoms with Gasteiger partial charge >= 0.3 is 12.1 Å². The second-order valence-electron chi connectivity index (χ2n) is 7.27. The Labute approximate surface area is 177 Å². The van der Waals surface area contributed by atoms with Gasteiger partial charge < -0.3 is 15.0 Å². The summed E-state index contributed by atoms with van der Waals surface area (Å²) in [5.41, 5.74) is -0.0282. The summed E-state index contributed by atoms with van der Waals surface area (Å²) in [6.07, 6.45) is -4.56. The lowest BCUT2D eigenvalue weighted by Crippen LogP contribution is -2.30. The lowest BCUT2D eigenvalue weighted by molar-refractivity contribution is -0.151. The molecule has 0 spiro atoms. The summed E-state index contributed by atoms with van der Waals surface area (Å²) in [6, 6.07) is 13.3. The topological polar surface area (TPSA) is 75.7 Å². The molecule has 2 aromatic rings. The first kappa shape index (κ1) is 22.3. The maximum Gasteiger partial charge on any atom is 0.416 e. The van der Waals surface area contributed by atoms with E-state index in [2.05, 4.69) is 5.32 Å². The Morgan fingerprint density at radius 3 is 2.55 bits per heavy atom. The van der Waals surface area contributed by atoms with Gasteiger partial charge in [-0.1, -0.05) is 36.4 Å². The first-order valence-electron chi connectivity index (χ1n) is 9.63. The summed E-state index contributed by atoms with van der Waals surface area (Å²) in [4.78, 5) is 38.2. The normalized spacial score (nSPS) is 17.4. The summed E-state index contributed by atoms with van der Waals surface area (Å²) in [5, 5.41) is 2.26. The van der Waals surface area contributed by atoms with Crippen LogP contribution in [0.15, 0.2) is 54.6 Å². The second kappa shape index (κ2) is 9.20. The molecule has 31 heavy (non-hydrogen) atoms. The van der Waals surface area contributed by atoms with Gasteiger partial charge in [0.15, 0.2) is 6.61 Å². The number of carbonyl (C=O) groups excluding carboxylic acids is 3. The van der Waals surface area contributed by atoms with E-state index in [4.69, 9.17) is 4.74 Å². The van der Waals surface area contributed by atoms with E-state index < -0.39 is 36.1 Å². The van der Waals surface area contributed by atoms with Gasteiger partial charge in [0.1, 0.15) is 0 Å². The predicted octanol–water partition coefficient (Wildman–Crippen LogP) is 3.80. The lowest BCUT2D eigenvalue weighted by atomic mass is 10.1. The molecule has 2 amide bonds. The van der Waals surface area contributed by atoms with Gasteiger partial charge in [0.05, 0.1) is 17.5 Å². The SMILES string of the molecule is C[C@H](c1ccccc1)N1C[C@@H](C(=O)OCC(=O)Nc2cccc(C(F)(F)F)c2)CC1=O. The zero-order chi connectivity index (χ0) is 22.6. The molecule has 0 aromatic heterocycles. The van der Waals surface area contributed by atoms with Crippen molar-refractivity contribution in [3.8, 4) is 0 Å². The fourth-order valence-electron chi connectivity index (χ4n) is 3.40. The van der Waals surface area contributed by atoms with Crippen molar-refractivity contribution in [3.05, 3.63) is 65.7 Å². The Morgan fingerprint density at radius 2 is 1.87 bits per heavy atom. The Bertz CT molecular complexity index is 963. The Balaban J connectivity index is 1.52. The van der Waals surface area contributed by atoms with E-state index in [1.165, 1.54) is 6.07 Å². The number of alkyl halides is 3. The van der Waals surface area contributed by atoms with Crippen LogP contribution in [0, 0.1) is 5.92 Å².